The van der Waals surface area contributed by atoms with Crippen molar-refractivity contribution in [3.8, 4) is 0 Å². The Kier molecular flexibility index (Phi) is 5.88. The number of piperazine rings is 1. The molecule has 0 radical (unpaired) electrons. The van der Waals surface area contributed by atoms with Crippen LogP contribution in [-0.2, 0) is 13.2 Å². The van der Waals surface area contributed by atoms with Crippen LogP contribution in [0, 0.1) is 4.77 Å². The Labute approximate surface area is 160 Å². The molecule has 7 heteroatoms. The van der Waals surface area contributed by atoms with Crippen molar-refractivity contribution < 1.29 is 4.79 Å². The minimum Gasteiger partial charge on any atom is -0.336 e. The number of aryl methyl sites for hydroxylation is 1. The lowest BCUT2D eigenvalue weighted by atomic mass is 10.0. The van der Waals surface area contributed by atoms with Crippen LogP contribution in [0.25, 0.3) is 0 Å². The largest absolute Gasteiger partial charge is 0.336 e. The molecule has 26 heavy (non-hydrogen) atoms. The molecule has 0 N–H and O–H groups in total. The Morgan fingerprint density at radius 1 is 1.15 bits per heavy atom. The zero-order chi connectivity index (χ0) is 18.7. The summed E-state index contributed by atoms with van der Waals surface area (Å²) in [5.74, 6) is 0.595. The van der Waals surface area contributed by atoms with Crippen LogP contribution in [0.5, 0.6) is 0 Å². The Morgan fingerprint density at radius 2 is 1.81 bits per heavy atom. The van der Waals surface area contributed by atoms with Crippen LogP contribution in [0.1, 0.15) is 42.6 Å². The van der Waals surface area contributed by atoms with Crippen LogP contribution in [0.4, 0.5) is 0 Å². The summed E-state index contributed by atoms with van der Waals surface area (Å²) < 4.78 is 4.55. The Morgan fingerprint density at radius 3 is 2.35 bits per heavy atom. The van der Waals surface area contributed by atoms with E-state index in [1.807, 2.05) is 26.3 Å². The highest BCUT2D eigenvalue weighted by Crippen LogP contribution is 2.16. The molecule has 0 spiro atoms. The minimum absolute atomic E-state index is 0.117. The third kappa shape index (κ3) is 4.04. The van der Waals surface area contributed by atoms with Crippen molar-refractivity contribution in [3.63, 3.8) is 0 Å². The predicted octanol–water partition coefficient (Wildman–Crippen LogP) is 2.97. The van der Waals surface area contributed by atoms with Gasteiger partial charge in [0.05, 0.1) is 6.67 Å². The van der Waals surface area contributed by atoms with E-state index in [0.717, 1.165) is 43.1 Å². The van der Waals surface area contributed by atoms with Crippen molar-refractivity contribution in [2.75, 3.05) is 26.2 Å². The third-order valence-electron chi connectivity index (χ3n) is 4.96. The maximum absolute atomic E-state index is 12.7. The number of carbonyl (C=O) groups is 1. The Balaban J connectivity index is 1.56. The number of hydrogen-bond acceptors (Lipinski definition) is 4. The number of carbonyl (C=O) groups excluding carboxylic acids is 1. The van der Waals surface area contributed by atoms with Gasteiger partial charge in [-0.25, -0.2) is 4.68 Å². The van der Waals surface area contributed by atoms with Crippen LogP contribution in [-0.4, -0.2) is 56.2 Å². The summed E-state index contributed by atoms with van der Waals surface area (Å²) in [6, 6.07) is 8.00. The van der Waals surface area contributed by atoms with E-state index in [2.05, 4.69) is 42.9 Å². The van der Waals surface area contributed by atoms with Crippen molar-refractivity contribution in [2.24, 2.45) is 0 Å². The molecule has 2 heterocycles. The summed E-state index contributed by atoms with van der Waals surface area (Å²) in [6.45, 7) is 11.0. The summed E-state index contributed by atoms with van der Waals surface area (Å²) in [6.07, 6.45) is 1.78. The summed E-state index contributed by atoms with van der Waals surface area (Å²) >= 11 is 5.42. The van der Waals surface area contributed by atoms with E-state index in [1.165, 1.54) is 5.56 Å². The second-order valence-electron chi connectivity index (χ2n) is 7.03. The van der Waals surface area contributed by atoms with Gasteiger partial charge in [0.1, 0.15) is 6.33 Å². The monoisotopic (exact) mass is 373 g/mol. The molecule has 1 aliphatic heterocycles. The number of benzene rings is 1. The highest BCUT2D eigenvalue weighted by atomic mass is 32.1. The normalized spacial score (nSPS) is 15.6. The summed E-state index contributed by atoms with van der Waals surface area (Å²) in [7, 11) is 0. The standard InChI is InChI=1S/C19H27N5OS/c1-4-22-13-20-24(19(22)26)14-21-9-11-23(12-10-21)18(25)17-7-5-16(6-8-17)15(2)3/h5-8,13,15H,4,9-12,14H2,1-3H3. The van der Waals surface area contributed by atoms with E-state index in [1.54, 1.807) is 6.33 Å². The molecule has 1 aliphatic rings. The lowest BCUT2D eigenvalue weighted by molar-refractivity contribution is 0.0585. The number of hydrogen-bond donors (Lipinski definition) is 0. The van der Waals surface area contributed by atoms with Crippen molar-refractivity contribution >= 4 is 18.1 Å². The molecule has 140 valence electrons. The molecule has 0 unspecified atom stereocenters. The van der Waals surface area contributed by atoms with E-state index in [0.29, 0.717) is 12.6 Å². The van der Waals surface area contributed by atoms with Gasteiger partial charge in [-0.3, -0.25) is 9.69 Å². The molecule has 3 rings (SSSR count). The summed E-state index contributed by atoms with van der Waals surface area (Å²) in [5.41, 5.74) is 2.03. The highest BCUT2D eigenvalue weighted by Gasteiger charge is 2.22. The van der Waals surface area contributed by atoms with Crippen LogP contribution >= 0.6 is 12.2 Å². The van der Waals surface area contributed by atoms with Crippen LogP contribution in [0.15, 0.2) is 30.6 Å². The van der Waals surface area contributed by atoms with Gasteiger partial charge >= 0.3 is 0 Å². The van der Waals surface area contributed by atoms with E-state index < -0.39 is 0 Å². The molecule has 0 atom stereocenters. The topological polar surface area (TPSA) is 46.3 Å². The van der Waals surface area contributed by atoms with E-state index in [4.69, 9.17) is 12.2 Å². The average molecular weight is 374 g/mol. The first-order valence-electron chi connectivity index (χ1n) is 9.23. The maximum atomic E-state index is 12.7. The second-order valence-corrected chi connectivity index (χ2v) is 7.39. The van der Waals surface area contributed by atoms with Gasteiger partial charge in [-0.1, -0.05) is 26.0 Å². The predicted molar refractivity (Wildman–Crippen MR) is 105 cm³/mol. The first-order valence-corrected chi connectivity index (χ1v) is 9.64. The van der Waals surface area contributed by atoms with Crippen molar-refractivity contribution in [3.05, 3.63) is 46.5 Å². The Bertz CT molecular complexity index is 800. The molecule has 1 aromatic carbocycles. The van der Waals surface area contributed by atoms with Crippen molar-refractivity contribution in [1.82, 2.24) is 24.1 Å². The van der Waals surface area contributed by atoms with Gasteiger partial charge in [-0.15, -0.1) is 0 Å². The zero-order valence-corrected chi connectivity index (χ0v) is 16.6. The van der Waals surface area contributed by atoms with Crippen LogP contribution in [0.2, 0.25) is 0 Å². The summed E-state index contributed by atoms with van der Waals surface area (Å²) in [4.78, 5) is 16.9. The number of rotatable bonds is 5. The van der Waals surface area contributed by atoms with E-state index in [-0.39, 0.29) is 5.91 Å². The van der Waals surface area contributed by atoms with E-state index in [9.17, 15) is 4.79 Å². The fourth-order valence-electron chi connectivity index (χ4n) is 3.16. The number of nitrogens with zero attached hydrogens (tertiary/aromatic N) is 5. The van der Waals surface area contributed by atoms with Crippen molar-refractivity contribution in [1.29, 1.82) is 0 Å². The fourth-order valence-corrected chi connectivity index (χ4v) is 3.44. The Hall–Kier alpha value is -1.99. The first-order chi connectivity index (χ1) is 12.5. The van der Waals surface area contributed by atoms with Crippen LogP contribution in [0.3, 0.4) is 0 Å². The third-order valence-corrected chi connectivity index (χ3v) is 5.40. The zero-order valence-electron chi connectivity index (χ0n) is 15.8. The maximum Gasteiger partial charge on any atom is 0.253 e. The molecule has 1 fully saturated rings. The van der Waals surface area contributed by atoms with Gasteiger partial charge < -0.3 is 9.47 Å². The smallest absolute Gasteiger partial charge is 0.253 e. The molecule has 1 amide bonds. The van der Waals surface area contributed by atoms with Crippen LogP contribution < -0.4 is 0 Å². The van der Waals surface area contributed by atoms with Gasteiger partial charge in [0.25, 0.3) is 5.91 Å². The van der Waals surface area contributed by atoms with Crippen molar-refractivity contribution in [2.45, 2.75) is 39.9 Å². The average Bonchev–Trinajstić information content (AvgIpc) is 3.01. The molecular formula is C19H27N5OS. The quantitative estimate of drug-likeness (QED) is 0.756. The molecule has 1 aromatic heterocycles. The van der Waals surface area contributed by atoms with Gasteiger partial charge in [0.2, 0.25) is 0 Å². The SMILES string of the molecule is CCn1cnn(CN2CCN(C(=O)c3ccc(C(C)C)cc3)CC2)c1=S. The number of aromatic nitrogens is 3. The fraction of sp³-hybridized carbons (Fsp3) is 0.526. The molecular weight excluding hydrogens is 346 g/mol. The van der Waals surface area contributed by atoms with Gasteiger partial charge in [-0.2, -0.15) is 5.10 Å². The molecule has 0 bridgehead atoms. The molecule has 1 saturated heterocycles. The molecule has 0 saturated carbocycles. The lowest BCUT2D eigenvalue weighted by Crippen LogP contribution is -2.49. The molecule has 6 nitrogen and oxygen atoms in total. The van der Waals surface area contributed by atoms with E-state index >= 15 is 0 Å². The lowest BCUT2D eigenvalue weighted by Gasteiger charge is -2.34. The summed E-state index contributed by atoms with van der Waals surface area (Å²) in [5, 5.41) is 4.36. The van der Waals surface area contributed by atoms with Gasteiger partial charge in [-0.05, 0) is 42.8 Å². The first kappa shape index (κ1) is 18.8. The molecule has 0 aliphatic carbocycles. The van der Waals surface area contributed by atoms with Gasteiger partial charge in [0.15, 0.2) is 4.77 Å². The highest BCUT2D eigenvalue weighted by molar-refractivity contribution is 7.71. The second kappa shape index (κ2) is 8.14. The number of amides is 1. The minimum atomic E-state index is 0.117. The molecule has 2 aromatic rings. The van der Waals surface area contributed by atoms with Gasteiger partial charge in [0, 0.05) is 38.3 Å².